The minimum Gasteiger partial charge on any atom is -0.496 e. The standard InChI is InChI=1S/C23H22N4O4S.2C4H10.2CH2O3.H3N/c1-14(2)32(28,29)17-8-6-16(7-9-17)19-12-24-13-20(25-19)23-27-26-22(31-23)18-10-5-15(3)11-21(18)30-4;2*1-4(2)3;2*2-1(3)4;/h5-14H,1-4H3;2*4H,1-3H3;2*(H2,2,3,4);1H3. The number of aromatic nitrogens is 4. The average molecular weight is 708 g/mol. The fraction of sp³-hybridized carbons (Fsp3) is 0.394. The average Bonchev–Trinajstić information content (AvgIpc) is 3.46. The van der Waals surface area contributed by atoms with Gasteiger partial charge < -0.3 is 35.7 Å². The van der Waals surface area contributed by atoms with Gasteiger partial charge in [0, 0.05) is 5.56 Å². The third-order valence-corrected chi connectivity index (χ3v) is 7.14. The molecule has 2 aromatic heterocycles. The lowest BCUT2D eigenvalue weighted by atomic mass is 10.1. The van der Waals surface area contributed by atoms with E-state index in [-0.39, 0.29) is 16.9 Å². The van der Waals surface area contributed by atoms with E-state index in [0.29, 0.717) is 28.6 Å². The van der Waals surface area contributed by atoms with E-state index in [9.17, 15) is 8.42 Å². The molecule has 49 heavy (non-hydrogen) atoms. The zero-order valence-electron chi connectivity index (χ0n) is 29.6. The molecule has 0 unspecified atom stereocenters. The molecule has 272 valence electrons. The second-order valence-electron chi connectivity index (χ2n) is 11.6. The molecule has 0 radical (unpaired) electrons. The Labute approximate surface area is 287 Å². The van der Waals surface area contributed by atoms with Crippen LogP contribution in [-0.2, 0) is 9.84 Å². The van der Waals surface area contributed by atoms with E-state index in [2.05, 4.69) is 61.7 Å². The van der Waals surface area contributed by atoms with E-state index in [0.717, 1.165) is 23.0 Å². The molecule has 0 aliphatic rings. The third-order valence-electron chi connectivity index (χ3n) is 4.97. The van der Waals surface area contributed by atoms with Crippen LogP contribution in [0.15, 0.2) is 64.2 Å². The summed E-state index contributed by atoms with van der Waals surface area (Å²) in [6.45, 7) is 18.3. The molecule has 2 heterocycles. The molecule has 0 amide bonds. The van der Waals surface area contributed by atoms with Gasteiger partial charge >= 0.3 is 12.3 Å². The maximum atomic E-state index is 12.3. The van der Waals surface area contributed by atoms with Crippen molar-refractivity contribution in [1.82, 2.24) is 26.3 Å². The minimum atomic E-state index is -3.34. The van der Waals surface area contributed by atoms with Crippen molar-refractivity contribution in [3.8, 4) is 40.0 Å². The van der Waals surface area contributed by atoms with Gasteiger partial charge in [0.2, 0.25) is 0 Å². The Kier molecular flexibility index (Phi) is 21.1. The monoisotopic (exact) mass is 707 g/mol. The predicted octanol–water partition coefficient (Wildman–Crippen LogP) is 8.29. The first-order valence-electron chi connectivity index (χ1n) is 14.7. The predicted molar refractivity (Wildman–Crippen MR) is 187 cm³/mol. The number of hydrogen-bond acceptors (Lipinski definition) is 11. The van der Waals surface area contributed by atoms with Crippen molar-refractivity contribution < 1.29 is 47.6 Å². The topological polar surface area (TPSA) is 258 Å². The van der Waals surface area contributed by atoms with Gasteiger partial charge in [0.05, 0.1) is 40.9 Å². The first kappa shape index (κ1) is 46.0. The van der Waals surface area contributed by atoms with Crippen molar-refractivity contribution in [2.75, 3.05) is 7.11 Å². The van der Waals surface area contributed by atoms with Crippen molar-refractivity contribution in [2.24, 2.45) is 11.8 Å². The normalized spacial score (nSPS) is 10.1. The van der Waals surface area contributed by atoms with E-state index in [1.807, 2.05) is 25.1 Å². The maximum Gasteiger partial charge on any atom is 0.503 e. The lowest BCUT2D eigenvalue weighted by molar-refractivity contribution is 0.135. The van der Waals surface area contributed by atoms with E-state index >= 15 is 0 Å². The second kappa shape index (κ2) is 22.5. The Morgan fingerprint density at radius 2 is 1.20 bits per heavy atom. The molecule has 2 aromatic carbocycles. The molecule has 0 aliphatic carbocycles. The third kappa shape index (κ3) is 18.1. The molecule has 0 fully saturated rings. The highest BCUT2D eigenvalue weighted by Crippen LogP contribution is 2.32. The van der Waals surface area contributed by atoms with Crippen LogP contribution in [0.5, 0.6) is 5.75 Å². The summed E-state index contributed by atoms with van der Waals surface area (Å²) >= 11 is 0. The highest BCUT2D eigenvalue weighted by Gasteiger charge is 2.20. The first-order valence-corrected chi connectivity index (χ1v) is 16.3. The maximum absolute atomic E-state index is 12.3. The Balaban J connectivity index is 0. The number of benzene rings is 2. The summed E-state index contributed by atoms with van der Waals surface area (Å²) in [5.74, 6) is 2.83. The van der Waals surface area contributed by atoms with E-state index in [1.165, 1.54) is 6.20 Å². The van der Waals surface area contributed by atoms with Gasteiger partial charge in [0.15, 0.2) is 9.84 Å². The van der Waals surface area contributed by atoms with Crippen LogP contribution >= 0.6 is 0 Å². The minimum absolute atomic E-state index is 0. The van der Waals surface area contributed by atoms with E-state index < -0.39 is 27.4 Å². The number of nitrogens with zero attached hydrogens (tertiary/aromatic N) is 4. The van der Waals surface area contributed by atoms with Gasteiger partial charge in [-0.2, -0.15) is 0 Å². The SMILES string of the molecule is CC(C)C.CC(C)C.COc1cc(C)ccc1-c1nnc(-c2cncc(-c3ccc(S(=O)(=O)C(C)C)cc3)n2)o1.N.O=C(O)O.O=C(O)O. The summed E-state index contributed by atoms with van der Waals surface area (Å²) in [5, 5.41) is 35.6. The molecule has 0 aliphatic heterocycles. The van der Waals surface area contributed by atoms with Crippen molar-refractivity contribution in [3.63, 3.8) is 0 Å². The van der Waals surface area contributed by atoms with E-state index in [4.69, 9.17) is 39.2 Å². The summed E-state index contributed by atoms with van der Waals surface area (Å²) in [4.78, 5) is 26.2. The fourth-order valence-electron chi connectivity index (χ4n) is 3.11. The Morgan fingerprint density at radius 1 is 0.755 bits per heavy atom. The van der Waals surface area contributed by atoms with Crippen LogP contribution < -0.4 is 10.9 Å². The molecule has 16 heteroatoms. The molecular formula is C33H49N5O10S. The number of hydrogen-bond donors (Lipinski definition) is 5. The lowest BCUT2D eigenvalue weighted by Gasteiger charge is -2.08. The summed E-state index contributed by atoms with van der Waals surface area (Å²) in [6, 6.07) is 12.3. The number of ether oxygens (including phenoxy) is 1. The van der Waals surface area contributed by atoms with Gasteiger partial charge in [-0.25, -0.2) is 23.0 Å². The highest BCUT2D eigenvalue weighted by molar-refractivity contribution is 7.92. The molecule has 15 nitrogen and oxygen atoms in total. The molecule has 7 N–H and O–H groups in total. The molecular weight excluding hydrogens is 658 g/mol. The van der Waals surface area contributed by atoms with Crippen LogP contribution in [0.25, 0.3) is 34.3 Å². The molecule has 0 atom stereocenters. The van der Waals surface area contributed by atoms with Crippen molar-refractivity contribution in [3.05, 3.63) is 60.4 Å². The molecule has 4 rings (SSSR count). The van der Waals surface area contributed by atoms with E-state index in [1.54, 1.807) is 51.4 Å². The van der Waals surface area contributed by atoms with Gasteiger partial charge in [0.25, 0.3) is 11.8 Å². The number of carboxylic acid groups (broad SMARTS) is 4. The fourth-order valence-corrected chi connectivity index (χ4v) is 4.17. The quantitative estimate of drug-likeness (QED) is 0.126. The zero-order valence-corrected chi connectivity index (χ0v) is 30.4. The Morgan fingerprint density at radius 3 is 1.65 bits per heavy atom. The van der Waals surface area contributed by atoms with Crippen LogP contribution in [0.3, 0.4) is 0 Å². The van der Waals surface area contributed by atoms with Gasteiger partial charge in [-0.15, -0.1) is 10.2 Å². The first-order chi connectivity index (χ1) is 22.2. The van der Waals surface area contributed by atoms with Crippen LogP contribution in [0.2, 0.25) is 0 Å². The van der Waals surface area contributed by atoms with Gasteiger partial charge in [0.1, 0.15) is 11.4 Å². The lowest BCUT2D eigenvalue weighted by Crippen LogP contribution is -2.13. The smallest absolute Gasteiger partial charge is 0.496 e. The summed E-state index contributed by atoms with van der Waals surface area (Å²) in [5.41, 5.74) is 3.43. The largest absolute Gasteiger partial charge is 0.503 e. The number of rotatable bonds is 6. The van der Waals surface area contributed by atoms with Crippen LogP contribution in [0, 0.1) is 18.8 Å². The summed E-state index contributed by atoms with van der Waals surface area (Å²) in [7, 11) is -1.75. The van der Waals surface area contributed by atoms with Gasteiger partial charge in [-0.3, -0.25) is 4.98 Å². The molecule has 0 saturated heterocycles. The molecule has 0 spiro atoms. The highest BCUT2D eigenvalue weighted by atomic mass is 32.2. The number of aryl methyl sites for hydroxylation is 1. The van der Waals surface area contributed by atoms with Crippen molar-refractivity contribution in [2.45, 2.75) is 72.5 Å². The van der Waals surface area contributed by atoms with Crippen molar-refractivity contribution in [1.29, 1.82) is 0 Å². The van der Waals surface area contributed by atoms with Crippen LogP contribution in [0.4, 0.5) is 9.59 Å². The molecule has 0 saturated carbocycles. The Hall–Kier alpha value is -5.09. The number of methoxy groups -OCH3 is 1. The van der Waals surface area contributed by atoms with Gasteiger partial charge in [-0.1, -0.05) is 59.7 Å². The zero-order chi connectivity index (χ0) is 37.2. The molecule has 0 bridgehead atoms. The van der Waals surface area contributed by atoms with Gasteiger partial charge in [-0.05, 0) is 62.4 Å². The number of carbonyl (C=O) groups is 2. The summed E-state index contributed by atoms with van der Waals surface area (Å²) in [6.07, 6.45) is -0.541. The second-order valence-corrected chi connectivity index (χ2v) is 14.1. The number of sulfone groups is 1. The van der Waals surface area contributed by atoms with Crippen LogP contribution in [-0.4, -0.2) is 73.7 Å². The summed E-state index contributed by atoms with van der Waals surface area (Å²) < 4.78 is 35.9. The van der Waals surface area contributed by atoms with Crippen molar-refractivity contribution >= 4 is 22.1 Å². The Bertz CT molecular complexity index is 1640. The van der Waals surface area contributed by atoms with Crippen LogP contribution in [0.1, 0.15) is 61.0 Å². The molecule has 4 aromatic rings.